The summed E-state index contributed by atoms with van der Waals surface area (Å²) in [5.74, 6) is 0.396. The predicted molar refractivity (Wildman–Crippen MR) is 136 cm³/mol. The normalized spacial score (nSPS) is 16.2. The van der Waals surface area contributed by atoms with Crippen LogP contribution in [0.3, 0.4) is 0 Å². The molecule has 9 nitrogen and oxygen atoms in total. The Morgan fingerprint density at radius 1 is 1.14 bits per heavy atom. The van der Waals surface area contributed by atoms with E-state index < -0.39 is 9.84 Å². The van der Waals surface area contributed by atoms with Crippen LogP contribution in [0.25, 0.3) is 5.52 Å². The minimum Gasteiger partial charge on any atom is -0.339 e. The first-order valence-electron chi connectivity index (χ1n) is 11.7. The van der Waals surface area contributed by atoms with E-state index in [1.807, 2.05) is 24.0 Å². The SMILES string of the molecule is Cc1ccc(C#N)c(Cn2c(N3CCC[C@@H](N)C3)nn3cc(S(=O)(=O)c4ccccc4)cc3c2=O)c1. The van der Waals surface area contributed by atoms with Crippen LogP contribution in [0.2, 0.25) is 0 Å². The van der Waals surface area contributed by atoms with Crippen molar-refractivity contribution in [3.05, 3.63) is 87.8 Å². The highest BCUT2D eigenvalue weighted by atomic mass is 32.2. The summed E-state index contributed by atoms with van der Waals surface area (Å²) in [4.78, 5) is 15.9. The fraction of sp³-hybridized carbons (Fsp3) is 0.269. The third-order valence-electron chi connectivity index (χ3n) is 6.49. The van der Waals surface area contributed by atoms with Gasteiger partial charge >= 0.3 is 0 Å². The lowest BCUT2D eigenvalue weighted by molar-refractivity contribution is 0.487. The summed E-state index contributed by atoms with van der Waals surface area (Å²) in [6.45, 7) is 3.24. The molecule has 1 saturated heterocycles. The van der Waals surface area contributed by atoms with Crippen molar-refractivity contribution < 1.29 is 8.42 Å². The highest BCUT2D eigenvalue weighted by molar-refractivity contribution is 7.91. The number of piperidine rings is 1. The van der Waals surface area contributed by atoms with Gasteiger partial charge in [-0.05, 0) is 49.6 Å². The van der Waals surface area contributed by atoms with Gasteiger partial charge < -0.3 is 10.6 Å². The van der Waals surface area contributed by atoms with Gasteiger partial charge in [-0.3, -0.25) is 9.36 Å². The maximum atomic E-state index is 13.8. The van der Waals surface area contributed by atoms with Gasteiger partial charge in [-0.1, -0.05) is 35.9 Å². The number of fused-ring (bicyclic) bond motifs is 1. The molecule has 5 rings (SSSR count). The average molecular weight is 503 g/mol. The van der Waals surface area contributed by atoms with Crippen molar-refractivity contribution >= 4 is 21.3 Å². The van der Waals surface area contributed by atoms with Gasteiger partial charge in [-0.15, -0.1) is 5.10 Å². The molecule has 1 fully saturated rings. The monoisotopic (exact) mass is 502 g/mol. The molecular weight excluding hydrogens is 476 g/mol. The van der Waals surface area contributed by atoms with Crippen LogP contribution in [0.15, 0.2) is 75.4 Å². The molecule has 0 aliphatic carbocycles. The van der Waals surface area contributed by atoms with Crippen molar-refractivity contribution in [3.8, 4) is 6.07 Å². The molecule has 2 aromatic carbocycles. The number of aromatic nitrogens is 3. The maximum Gasteiger partial charge on any atom is 0.279 e. The molecule has 4 aromatic rings. The van der Waals surface area contributed by atoms with E-state index in [9.17, 15) is 18.5 Å². The first kappa shape index (κ1) is 23.8. The van der Waals surface area contributed by atoms with Crippen LogP contribution >= 0.6 is 0 Å². The number of rotatable bonds is 5. The van der Waals surface area contributed by atoms with Crippen LogP contribution in [0, 0.1) is 18.3 Å². The zero-order chi connectivity index (χ0) is 25.4. The van der Waals surface area contributed by atoms with Crippen molar-refractivity contribution in [2.45, 2.75) is 42.1 Å². The number of anilines is 1. The fourth-order valence-electron chi connectivity index (χ4n) is 4.63. The van der Waals surface area contributed by atoms with Gasteiger partial charge in [0.15, 0.2) is 0 Å². The lowest BCUT2D eigenvalue weighted by atomic mass is 10.1. The van der Waals surface area contributed by atoms with Crippen LogP contribution in [0.4, 0.5) is 5.95 Å². The Hall–Kier alpha value is -3.94. The molecule has 0 amide bonds. The molecular formula is C26H26N6O3S. The summed E-state index contributed by atoms with van der Waals surface area (Å²) in [6, 6.07) is 17.0. The first-order chi connectivity index (χ1) is 17.3. The number of hydrogen-bond donors (Lipinski definition) is 1. The Kier molecular flexibility index (Phi) is 6.12. The van der Waals surface area contributed by atoms with E-state index >= 15 is 0 Å². The zero-order valence-corrected chi connectivity index (χ0v) is 20.6. The van der Waals surface area contributed by atoms with E-state index in [2.05, 4.69) is 6.07 Å². The van der Waals surface area contributed by atoms with Crippen LogP contribution in [0.1, 0.15) is 29.5 Å². The van der Waals surface area contributed by atoms with Crippen LogP contribution in [0.5, 0.6) is 0 Å². The molecule has 1 aliphatic rings. The minimum atomic E-state index is -3.84. The topological polar surface area (TPSA) is 126 Å². The van der Waals surface area contributed by atoms with Crippen molar-refractivity contribution in [2.75, 3.05) is 18.0 Å². The second kappa shape index (κ2) is 9.26. The number of aryl methyl sites for hydroxylation is 1. The Balaban J connectivity index is 1.70. The predicted octanol–water partition coefficient (Wildman–Crippen LogP) is 2.48. The highest BCUT2D eigenvalue weighted by Crippen LogP contribution is 2.24. The number of benzene rings is 2. The van der Waals surface area contributed by atoms with E-state index in [1.54, 1.807) is 24.3 Å². The largest absolute Gasteiger partial charge is 0.339 e. The van der Waals surface area contributed by atoms with Crippen LogP contribution in [-0.4, -0.2) is 41.7 Å². The second-order valence-electron chi connectivity index (χ2n) is 9.13. The van der Waals surface area contributed by atoms with Gasteiger partial charge in [-0.25, -0.2) is 12.9 Å². The summed E-state index contributed by atoms with van der Waals surface area (Å²) in [7, 11) is -3.84. The van der Waals surface area contributed by atoms with Gasteiger partial charge in [0.25, 0.3) is 5.56 Å². The van der Waals surface area contributed by atoms with Crippen LogP contribution < -0.4 is 16.2 Å². The van der Waals surface area contributed by atoms with E-state index in [4.69, 9.17) is 10.8 Å². The van der Waals surface area contributed by atoms with E-state index in [1.165, 1.54) is 33.5 Å². The van der Waals surface area contributed by atoms with Gasteiger partial charge in [0.2, 0.25) is 15.8 Å². The summed E-state index contributed by atoms with van der Waals surface area (Å²) in [5, 5.41) is 14.3. The molecule has 0 unspecified atom stereocenters. The minimum absolute atomic E-state index is 0.00869. The lowest BCUT2D eigenvalue weighted by Crippen LogP contribution is -2.46. The molecule has 3 heterocycles. The van der Waals surface area contributed by atoms with Gasteiger partial charge in [0, 0.05) is 25.3 Å². The number of sulfone groups is 1. The van der Waals surface area contributed by atoms with Crippen molar-refractivity contribution in [3.63, 3.8) is 0 Å². The molecule has 184 valence electrons. The summed E-state index contributed by atoms with van der Waals surface area (Å²) >= 11 is 0. The average Bonchev–Trinajstić information content (AvgIpc) is 3.32. The summed E-state index contributed by atoms with van der Waals surface area (Å²) in [6.07, 6.45) is 3.11. The Labute approximate surface area is 208 Å². The van der Waals surface area contributed by atoms with Crippen LogP contribution in [-0.2, 0) is 16.4 Å². The Morgan fingerprint density at radius 3 is 2.64 bits per heavy atom. The fourth-order valence-corrected chi connectivity index (χ4v) is 5.93. The zero-order valence-electron chi connectivity index (χ0n) is 19.8. The number of nitriles is 1. The molecule has 1 aliphatic heterocycles. The molecule has 2 aromatic heterocycles. The molecule has 0 bridgehead atoms. The van der Waals surface area contributed by atoms with Crippen molar-refractivity contribution in [2.24, 2.45) is 5.73 Å². The number of nitrogens with two attached hydrogens (primary N) is 1. The quantitative estimate of drug-likeness (QED) is 0.444. The van der Waals surface area contributed by atoms with Gasteiger partial charge in [0.05, 0.1) is 28.0 Å². The van der Waals surface area contributed by atoms with Gasteiger partial charge in [-0.2, -0.15) is 5.26 Å². The molecule has 0 saturated carbocycles. The van der Waals surface area contributed by atoms with Crippen molar-refractivity contribution in [1.82, 2.24) is 14.2 Å². The molecule has 2 N–H and O–H groups in total. The summed E-state index contributed by atoms with van der Waals surface area (Å²) < 4.78 is 29.3. The molecule has 36 heavy (non-hydrogen) atoms. The Morgan fingerprint density at radius 2 is 1.92 bits per heavy atom. The molecule has 0 spiro atoms. The van der Waals surface area contributed by atoms with Gasteiger partial charge in [0.1, 0.15) is 5.52 Å². The highest BCUT2D eigenvalue weighted by Gasteiger charge is 2.26. The molecule has 0 radical (unpaired) electrons. The van der Waals surface area contributed by atoms with E-state index in [0.717, 1.165) is 18.4 Å². The lowest BCUT2D eigenvalue weighted by Gasteiger charge is -2.32. The third-order valence-corrected chi connectivity index (χ3v) is 8.23. The number of nitrogens with zero attached hydrogens (tertiary/aromatic N) is 5. The maximum absolute atomic E-state index is 13.8. The van der Waals surface area contributed by atoms with Crippen molar-refractivity contribution in [1.29, 1.82) is 5.26 Å². The van der Waals surface area contributed by atoms with E-state index in [0.29, 0.717) is 30.2 Å². The summed E-state index contributed by atoms with van der Waals surface area (Å²) in [5.41, 5.74) is 8.10. The van der Waals surface area contributed by atoms with E-state index in [-0.39, 0.29) is 33.5 Å². The smallest absolute Gasteiger partial charge is 0.279 e. The molecule has 1 atom stereocenters. The Bertz CT molecular complexity index is 1650. The standard InChI is InChI=1S/C26H26N6O3S/c1-18-9-10-19(14-27)20(12-18)15-31-25(33)24-13-23(36(34,35)22-7-3-2-4-8-22)17-32(24)29-26(31)30-11-5-6-21(28)16-30/h2-4,7-10,12-13,17,21H,5-6,11,15-16,28H2,1H3/t21-/m1/s1. The second-order valence-corrected chi connectivity index (χ2v) is 11.1. The first-order valence-corrected chi connectivity index (χ1v) is 13.2. The third kappa shape index (κ3) is 4.27. The number of hydrogen-bond acceptors (Lipinski definition) is 7. The molecule has 10 heteroatoms.